The summed E-state index contributed by atoms with van der Waals surface area (Å²) in [6.07, 6.45) is 0. The fourth-order valence-electron chi connectivity index (χ4n) is 3.54. The summed E-state index contributed by atoms with van der Waals surface area (Å²) < 4.78 is 5.19. The predicted octanol–water partition coefficient (Wildman–Crippen LogP) is 4.23. The Morgan fingerprint density at radius 1 is 1.06 bits per heavy atom. The first-order chi connectivity index (χ1) is 15.1. The number of amides is 1. The minimum atomic E-state index is -0.0261. The van der Waals surface area contributed by atoms with E-state index in [1.54, 1.807) is 7.11 Å². The zero-order chi connectivity index (χ0) is 21.6. The third-order valence-corrected chi connectivity index (χ3v) is 6.30. The number of carbonyl (C=O) groups excluding carboxylic acids is 1. The lowest BCUT2D eigenvalue weighted by Gasteiger charge is -2.34. The Hall–Kier alpha value is -2.45. The molecule has 4 rings (SSSR count). The molecule has 1 amide bonds. The van der Waals surface area contributed by atoms with Gasteiger partial charge in [-0.15, -0.1) is 11.3 Å². The lowest BCUT2D eigenvalue weighted by atomic mass is 10.2. The molecule has 0 spiro atoms. The number of ether oxygens (including phenoxy) is 1. The Morgan fingerprint density at radius 3 is 2.42 bits per heavy atom. The molecule has 1 aliphatic heterocycles. The number of anilines is 1. The summed E-state index contributed by atoms with van der Waals surface area (Å²) >= 11 is 7.39. The summed E-state index contributed by atoms with van der Waals surface area (Å²) in [7, 11) is 1.64. The van der Waals surface area contributed by atoms with Crippen molar-refractivity contribution in [1.29, 1.82) is 0 Å². The molecule has 31 heavy (non-hydrogen) atoms. The molecule has 8 heteroatoms. The summed E-state index contributed by atoms with van der Waals surface area (Å²) in [4.78, 5) is 21.6. The molecule has 1 saturated heterocycles. The molecule has 6 nitrogen and oxygen atoms in total. The molecule has 0 unspecified atom stereocenters. The first kappa shape index (κ1) is 21.8. The molecule has 1 fully saturated rings. The van der Waals surface area contributed by atoms with Gasteiger partial charge < -0.3 is 10.1 Å². The van der Waals surface area contributed by atoms with Crippen LogP contribution in [0.15, 0.2) is 53.9 Å². The number of thiazole rings is 1. The van der Waals surface area contributed by atoms with Gasteiger partial charge in [-0.25, -0.2) is 4.98 Å². The summed E-state index contributed by atoms with van der Waals surface area (Å²) in [5.74, 6) is 0.780. The lowest BCUT2D eigenvalue weighted by molar-refractivity contribution is -0.117. The number of aromatic nitrogens is 1. The van der Waals surface area contributed by atoms with Crippen LogP contribution in [0.3, 0.4) is 0 Å². The van der Waals surface area contributed by atoms with E-state index in [2.05, 4.69) is 32.2 Å². The van der Waals surface area contributed by atoms with E-state index in [-0.39, 0.29) is 5.91 Å². The Labute approximate surface area is 191 Å². The van der Waals surface area contributed by atoms with Crippen molar-refractivity contribution in [2.45, 2.75) is 6.54 Å². The van der Waals surface area contributed by atoms with Crippen LogP contribution in [0, 0.1) is 0 Å². The number of methoxy groups -OCH3 is 1. The van der Waals surface area contributed by atoms with Gasteiger partial charge in [0.15, 0.2) is 5.13 Å². The van der Waals surface area contributed by atoms with Gasteiger partial charge in [0.25, 0.3) is 0 Å². The number of nitrogens with one attached hydrogen (secondary N) is 1. The van der Waals surface area contributed by atoms with Crippen molar-refractivity contribution < 1.29 is 9.53 Å². The number of piperazine rings is 1. The van der Waals surface area contributed by atoms with Gasteiger partial charge in [0.2, 0.25) is 5.91 Å². The van der Waals surface area contributed by atoms with E-state index in [1.807, 2.05) is 41.8 Å². The number of rotatable bonds is 7. The number of hydrogen-bond acceptors (Lipinski definition) is 6. The quantitative estimate of drug-likeness (QED) is 0.576. The van der Waals surface area contributed by atoms with Crippen LogP contribution in [0.5, 0.6) is 5.75 Å². The van der Waals surface area contributed by atoms with Gasteiger partial charge in [0, 0.05) is 48.7 Å². The molecule has 1 aliphatic rings. The number of carbonyl (C=O) groups is 1. The van der Waals surface area contributed by atoms with Crippen LogP contribution < -0.4 is 10.1 Å². The second-order valence-electron chi connectivity index (χ2n) is 7.49. The maximum absolute atomic E-state index is 12.5. The van der Waals surface area contributed by atoms with Crippen molar-refractivity contribution in [3.63, 3.8) is 0 Å². The number of halogens is 1. The third kappa shape index (κ3) is 6.04. The van der Waals surface area contributed by atoms with Crippen molar-refractivity contribution in [2.24, 2.45) is 0 Å². The fourth-order valence-corrected chi connectivity index (χ4v) is 4.40. The second kappa shape index (κ2) is 10.2. The summed E-state index contributed by atoms with van der Waals surface area (Å²) in [5, 5.41) is 6.27. The van der Waals surface area contributed by atoms with Crippen LogP contribution in [-0.4, -0.2) is 60.5 Å². The van der Waals surface area contributed by atoms with Crippen molar-refractivity contribution in [2.75, 3.05) is 45.2 Å². The molecule has 0 bridgehead atoms. The molecule has 162 valence electrons. The SMILES string of the molecule is COc1ccc(-c2csc(NC(=O)CN3CCN(Cc4ccc(Cl)cc4)CC3)n2)cc1. The van der Waals surface area contributed by atoms with Crippen LogP contribution in [0.4, 0.5) is 5.13 Å². The Balaban J connectivity index is 1.23. The van der Waals surface area contributed by atoms with Gasteiger partial charge >= 0.3 is 0 Å². The maximum Gasteiger partial charge on any atom is 0.240 e. The zero-order valence-electron chi connectivity index (χ0n) is 17.4. The minimum Gasteiger partial charge on any atom is -0.497 e. The average Bonchev–Trinajstić information content (AvgIpc) is 3.25. The number of hydrogen-bond donors (Lipinski definition) is 1. The molecule has 3 aromatic rings. The normalized spacial score (nSPS) is 15.0. The van der Waals surface area contributed by atoms with Gasteiger partial charge in [-0.3, -0.25) is 14.6 Å². The zero-order valence-corrected chi connectivity index (χ0v) is 19.0. The van der Waals surface area contributed by atoms with E-state index in [0.29, 0.717) is 11.7 Å². The molecule has 0 atom stereocenters. The van der Waals surface area contributed by atoms with Crippen molar-refractivity contribution in [3.8, 4) is 17.0 Å². The monoisotopic (exact) mass is 456 g/mol. The van der Waals surface area contributed by atoms with Crippen LogP contribution in [0.25, 0.3) is 11.3 Å². The highest BCUT2D eigenvalue weighted by molar-refractivity contribution is 7.14. The fraction of sp³-hybridized carbons (Fsp3) is 0.304. The molecule has 0 radical (unpaired) electrons. The van der Waals surface area contributed by atoms with E-state index in [4.69, 9.17) is 16.3 Å². The van der Waals surface area contributed by atoms with Gasteiger partial charge in [0.05, 0.1) is 19.3 Å². The van der Waals surface area contributed by atoms with Gasteiger partial charge in [0.1, 0.15) is 5.75 Å². The van der Waals surface area contributed by atoms with Crippen molar-refractivity contribution in [3.05, 3.63) is 64.5 Å². The van der Waals surface area contributed by atoms with Crippen LogP contribution in [0.1, 0.15) is 5.56 Å². The summed E-state index contributed by atoms with van der Waals surface area (Å²) in [5.41, 5.74) is 3.10. The highest BCUT2D eigenvalue weighted by atomic mass is 35.5. The summed E-state index contributed by atoms with van der Waals surface area (Å²) in [6, 6.07) is 15.7. The Morgan fingerprint density at radius 2 is 1.74 bits per heavy atom. The molecule has 2 heterocycles. The molecule has 0 saturated carbocycles. The van der Waals surface area contributed by atoms with E-state index in [1.165, 1.54) is 16.9 Å². The molecular formula is C23H25ClN4O2S. The second-order valence-corrected chi connectivity index (χ2v) is 8.79. The highest BCUT2D eigenvalue weighted by Gasteiger charge is 2.19. The van der Waals surface area contributed by atoms with E-state index in [9.17, 15) is 4.79 Å². The van der Waals surface area contributed by atoms with Crippen LogP contribution in [-0.2, 0) is 11.3 Å². The van der Waals surface area contributed by atoms with E-state index < -0.39 is 0 Å². The van der Waals surface area contributed by atoms with Gasteiger partial charge in [-0.05, 0) is 42.0 Å². The number of benzene rings is 2. The topological polar surface area (TPSA) is 57.7 Å². The minimum absolute atomic E-state index is 0.0261. The number of nitrogens with zero attached hydrogens (tertiary/aromatic N) is 3. The predicted molar refractivity (Wildman–Crippen MR) is 126 cm³/mol. The van der Waals surface area contributed by atoms with Crippen LogP contribution in [0.2, 0.25) is 5.02 Å². The van der Waals surface area contributed by atoms with Gasteiger partial charge in [-0.1, -0.05) is 23.7 Å². The smallest absolute Gasteiger partial charge is 0.240 e. The van der Waals surface area contributed by atoms with E-state index in [0.717, 1.165) is 54.8 Å². The molecular weight excluding hydrogens is 432 g/mol. The molecule has 1 aromatic heterocycles. The Bertz CT molecular complexity index is 999. The first-order valence-corrected chi connectivity index (χ1v) is 11.4. The molecule has 0 aliphatic carbocycles. The Kier molecular flexibility index (Phi) is 7.19. The van der Waals surface area contributed by atoms with Crippen LogP contribution >= 0.6 is 22.9 Å². The molecule has 1 N–H and O–H groups in total. The largest absolute Gasteiger partial charge is 0.497 e. The highest BCUT2D eigenvalue weighted by Crippen LogP contribution is 2.26. The summed E-state index contributed by atoms with van der Waals surface area (Å²) in [6.45, 7) is 4.91. The van der Waals surface area contributed by atoms with Gasteiger partial charge in [-0.2, -0.15) is 0 Å². The maximum atomic E-state index is 12.5. The third-order valence-electron chi connectivity index (χ3n) is 5.29. The lowest BCUT2D eigenvalue weighted by Crippen LogP contribution is -2.48. The average molecular weight is 457 g/mol. The van der Waals surface area contributed by atoms with E-state index >= 15 is 0 Å². The standard InChI is InChI=1S/C23H25ClN4O2S/c1-30-20-8-4-18(5-9-20)21-16-31-23(25-21)26-22(29)15-28-12-10-27(11-13-28)14-17-2-6-19(24)7-3-17/h2-9,16H,10-15H2,1H3,(H,25,26,29). The van der Waals surface area contributed by atoms with Crippen molar-refractivity contribution >= 4 is 34.0 Å². The first-order valence-electron chi connectivity index (χ1n) is 10.2. The molecule has 2 aromatic carbocycles. The van der Waals surface area contributed by atoms with Crippen molar-refractivity contribution in [1.82, 2.24) is 14.8 Å².